The van der Waals surface area contributed by atoms with Crippen molar-refractivity contribution < 1.29 is 4.79 Å². The number of carbonyl (C=O) groups excluding carboxylic acids is 1. The molecular formula is C14H20ClN3O. The van der Waals surface area contributed by atoms with E-state index in [1.165, 1.54) is 5.56 Å². The normalized spacial score (nSPS) is 21.3. The fourth-order valence-corrected chi connectivity index (χ4v) is 2.40. The molecule has 1 aliphatic heterocycles. The first kappa shape index (κ1) is 14.3. The van der Waals surface area contributed by atoms with Crippen LogP contribution in [0.4, 0.5) is 0 Å². The highest BCUT2D eigenvalue weighted by molar-refractivity contribution is 6.30. The minimum absolute atomic E-state index is 0.0710. The van der Waals surface area contributed by atoms with Crippen LogP contribution >= 0.6 is 11.6 Å². The molecule has 0 saturated carbocycles. The SMILES string of the molecule is C[C@@H](N)C(=O)N[C@@H]1CCN(Cc2ccc(Cl)cc2)C1. The smallest absolute Gasteiger partial charge is 0.236 e. The number of nitrogens with two attached hydrogens (primary N) is 1. The van der Waals surface area contributed by atoms with Crippen LogP contribution in [0.5, 0.6) is 0 Å². The van der Waals surface area contributed by atoms with Crippen molar-refractivity contribution in [1.82, 2.24) is 10.2 Å². The van der Waals surface area contributed by atoms with Gasteiger partial charge >= 0.3 is 0 Å². The van der Waals surface area contributed by atoms with Crippen molar-refractivity contribution in [1.29, 1.82) is 0 Å². The van der Waals surface area contributed by atoms with Crippen LogP contribution in [0.1, 0.15) is 18.9 Å². The molecule has 4 nitrogen and oxygen atoms in total. The third kappa shape index (κ3) is 4.20. The zero-order valence-electron chi connectivity index (χ0n) is 11.1. The number of benzene rings is 1. The maximum atomic E-state index is 11.5. The maximum Gasteiger partial charge on any atom is 0.236 e. The molecule has 1 aromatic carbocycles. The van der Waals surface area contributed by atoms with E-state index in [1.54, 1.807) is 6.92 Å². The number of likely N-dealkylation sites (tertiary alicyclic amines) is 1. The summed E-state index contributed by atoms with van der Waals surface area (Å²) < 4.78 is 0. The van der Waals surface area contributed by atoms with E-state index in [1.807, 2.05) is 24.3 Å². The number of halogens is 1. The lowest BCUT2D eigenvalue weighted by Gasteiger charge is -2.17. The average Bonchev–Trinajstić information content (AvgIpc) is 2.79. The highest BCUT2D eigenvalue weighted by Gasteiger charge is 2.24. The fraction of sp³-hybridized carbons (Fsp3) is 0.500. The van der Waals surface area contributed by atoms with Gasteiger partial charge in [-0.15, -0.1) is 0 Å². The summed E-state index contributed by atoms with van der Waals surface area (Å²) in [5.74, 6) is -0.0710. The van der Waals surface area contributed by atoms with Crippen molar-refractivity contribution in [3.63, 3.8) is 0 Å². The van der Waals surface area contributed by atoms with Crippen LogP contribution < -0.4 is 11.1 Å². The predicted molar refractivity (Wildman–Crippen MR) is 76.9 cm³/mol. The summed E-state index contributed by atoms with van der Waals surface area (Å²) in [5.41, 5.74) is 6.79. The van der Waals surface area contributed by atoms with Crippen LogP contribution in [0.25, 0.3) is 0 Å². The Bertz CT molecular complexity index is 433. The molecule has 3 N–H and O–H groups in total. The Hall–Kier alpha value is -1.10. The monoisotopic (exact) mass is 281 g/mol. The van der Waals surface area contributed by atoms with E-state index >= 15 is 0 Å². The van der Waals surface area contributed by atoms with Crippen LogP contribution in [0, 0.1) is 0 Å². The third-order valence-corrected chi connectivity index (χ3v) is 3.60. The first-order valence-electron chi connectivity index (χ1n) is 6.57. The molecule has 0 bridgehead atoms. The average molecular weight is 282 g/mol. The number of amides is 1. The van der Waals surface area contributed by atoms with Crippen LogP contribution in [0.15, 0.2) is 24.3 Å². The van der Waals surface area contributed by atoms with E-state index in [0.717, 1.165) is 31.1 Å². The van der Waals surface area contributed by atoms with Gasteiger partial charge in [0.1, 0.15) is 0 Å². The van der Waals surface area contributed by atoms with Gasteiger partial charge in [-0.1, -0.05) is 23.7 Å². The topological polar surface area (TPSA) is 58.4 Å². The molecule has 1 aliphatic rings. The first-order chi connectivity index (χ1) is 9.04. The van der Waals surface area contributed by atoms with E-state index in [9.17, 15) is 4.79 Å². The highest BCUT2D eigenvalue weighted by atomic mass is 35.5. The molecule has 2 rings (SSSR count). The van der Waals surface area contributed by atoms with Gasteiger partial charge < -0.3 is 11.1 Å². The van der Waals surface area contributed by atoms with Gasteiger partial charge in [0.25, 0.3) is 0 Å². The molecule has 0 radical (unpaired) electrons. The quantitative estimate of drug-likeness (QED) is 0.877. The molecule has 1 aromatic rings. The first-order valence-corrected chi connectivity index (χ1v) is 6.95. The number of carbonyl (C=O) groups is 1. The largest absolute Gasteiger partial charge is 0.351 e. The van der Waals surface area contributed by atoms with Crippen LogP contribution in [-0.4, -0.2) is 36.0 Å². The van der Waals surface area contributed by atoms with Crippen molar-refractivity contribution in [2.75, 3.05) is 13.1 Å². The molecule has 0 aromatic heterocycles. The molecule has 1 saturated heterocycles. The van der Waals surface area contributed by atoms with E-state index in [-0.39, 0.29) is 11.9 Å². The minimum atomic E-state index is -0.440. The van der Waals surface area contributed by atoms with E-state index in [4.69, 9.17) is 17.3 Å². The van der Waals surface area contributed by atoms with Crippen LogP contribution in [0.2, 0.25) is 5.02 Å². The zero-order chi connectivity index (χ0) is 13.8. The zero-order valence-corrected chi connectivity index (χ0v) is 11.9. The minimum Gasteiger partial charge on any atom is -0.351 e. The predicted octanol–water partition coefficient (Wildman–Crippen LogP) is 1.38. The molecule has 0 spiro atoms. The molecular weight excluding hydrogens is 262 g/mol. The van der Waals surface area contributed by atoms with Gasteiger partial charge in [-0.3, -0.25) is 9.69 Å². The van der Waals surface area contributed by atoms with Crippen molar-refractivity contribution >= 4 is 17.5 Å². The molecule has 2 atom stereocenters. The van der Waals surface area contributed by atoms with E-state index in [0.29, 0.717) is 0 Å². The van der Waals surface area contributed by atoms with Gasteiger partial charge in [-0.25, -0.2) is 0 Å². The Morgan fingerprint density at radius 1 is 1.53 bits per heavy atom. The Labute approximate surface area is 118 Å². The molecule has 0 unspecified atom stereocenters. The second kappa shape index (κ2) is 6.37. The van der Waals surface area contributed by atoms with Crippen LogP contribution in [-0.2, 0) is 11.3 Å². The van der Waals surface area contributed by atoms with Gasteiger partial charge in [-0.2, -0.15) is 0 Å². The Balaban J connectivity index is 1.82. The van der Waals surface area contributed by atoms with Gasteiger partial charge in [0.05, 0.1) is 6.04 Å². The van der Waals surface area contributed by atoms with E-state index < -0.39 is 6.04 Å². The van der Waals surface area contributed by atoms with Gasteiger partial charge in [0.2, 0.25) is 5.91 Å². The summed E-state index contributed by atoms with van der Waals surface area (Å²) in [6, 6.07) is 7.66. The second-order valence-electron chi connectivity index (χ2n) is 5.14. The summed E-state index contributed by atoms with van der Waals surface area (Å²) in [6.45, 7) is 4.46. The van der Waals surface area contributed by atoms with E-state index in [2.05, 4.69) is 10.2 Å². The molecule has 1 heterocycles. The molecule has 5 heteroatoms. The molecule has 1 amide bonds. The third-order valence-electron chi connectivity index (χ3n) is 3.35. The summed E-state index contributed by atoms with van der Waals surface area (Å²) >= 11 is 5.87. The summed E-state index contributed by atoms with van der Waals surface area (Å²) in [4.78, 5) is 13.9. The fourth-order valence-electron chi connectivity index (χ4n) is 2.27. The molecule has 0 aliphatic carbocycles. The number of nitrogens with zero attached hydrogens (tertiary/aromatic N) is 1. The lowest BCUT2D eigenvalue weighted by molar-refractivity contribution is -0.122. The second-order valence-corrected chi connectivity index (χ2v) is 5.58. The van der Waals surface area contributed by atoms with Crippen molar-refractivity contribution in [2.24, 2.45) is 5.73 Å². The maximum absolute atomic E-state index is 11.5. The van der Waals surface area contributed by atoms with Gasteiger partial charge in [-0.05, 0) is 31.0 Å². The van der Waals surface area contributed by atoms with Crippen molar-refractivity contribution in [3.05, 3.63) is 34.9 Å². The number of nitrogens with one attached hydrogen (secondary N) is 1. The highest BCUT2D eigenvalue weighted by Crippen LogP contribution is 2.15. The molecule has 1 fully saturated rings. The summed E-state index contributed by atoms with van der Waals surface area (Å²) in [7, 11) is 0. The number of rotatable bonds is 4. The number of hydrogen-bond acceptors (Lipinski definition) is 3. The standard InChI is InChI=1S/C14H20ClN3O/c1-10(16)14(19)17-13-6-7-18(9-13)8-11-2-4-12(15)5-3-11/h2-5,10,13H,6-9,16H2,1H3,(H,17,19)/t10-,13-/m1/s1. The van der Waals surface area contributed by atoms with Gasteiger partial charge in [0.15, 0.2) is 0 Å². The lowest BCUT2D eigenvalue weighted by Crippen LogP contribution is -2.44. The Morgan fingerprint density at radius 2 is 2.21 bits per heavy atom. The van der Waals surface area contributed by atoms with Crippen LogP contribution in [0.3, 0.4) is 0 Å². The number of hydrogen-bond donors (Lipinski definition) is 2. The Morgan fingerprint density at radius 3 is 2.84 bits per heavy atom. The molecule has 19 heavy (non-hydrogen) atoms. The van der Waals surface area contributed by atoms with Crippen molar-refractivity contribution in [2.45, 2.75) is 32.0 Å². The van der Waals surface area contributed by atoms with Gasteiger partial charge in [0, 0.05) is 30.7 Å². The Kier molecular flexibility index (Phi) is 4.80. The summed E-state index contributed by atoms with van der Waals surface area (Å²) in [5, 5.41) is 3.73. The summed E-state index contributed by atoms with van der Waals surface area (Å²) in [6.07, 6.45) is 0.978. The lowest BCUT2D eigenvalue weighted by atomic mass is 10.2. The molecule has 104 valence electrons. The van der Waals surface area contributed by atoms with Crippen molar-refractivity contribution in [3.8, 4) is 0 Å².